The van der Waals surface area contributed by atoms with E-state index in [0.717, 1.165) is 0 Å². The molecule has 1 aliphatic rings. The summed E-state index contributed by atoms with van der Waals surface area (Å²) in [5.74, 6) is 0.394. The lowest BCUT2D eigenvalue weighted by atomic mass is 10.1. The summed E-state index contributed by atoms with van der Waals surface area (Å²) in [5, 5.41) is 0. The first-order valence-electron chi connectivity index (χ1n) is 6.72. The number of nitrogens with zero attached hydrogens (tertiary/aromatic N) is 1. The second kappa shape index (κ2) is 6.75. The summed E-state index contributed by atoms with van der Waals surface area (Å²) in [6.07, 6.45) is 0.380. The van der Waals surface area contributed by atoms with Crippen LogP contribution in [0.5, 0.6) is 11.5 Å². The van der Waals surface area contributed by atoms with Crippen LogP contribution >= 0.6 is 11.6 Å². The first-order valence-corrected chi connectivity index (χ1v) is 9.08. The summed E-state index contributed by atoms with van der Waals surface area (Å²) in [5.41, 5.74) is 0.467. The zero-order valence-electron chi connectivity index (χ0n) is 12.4. The Labute approximate surface area is 134 Å². The fourth-order valence-electron chi connectivity index (χ4n) is 2.56. The van der Waals surface area contributed by atoms with E-state index in [4.69, 9.17) is 21.1 Å². The molecule has 22 heavy (non-hydrogen) atoms. The monoisotopic (exact) mass is 347 g/mol. The number of carbonyl (C=O) groups excluding carboxylic acids is 1. The Kier molecular flexibility index (Phi) is 5.18. The molecule has 1 fully saturated rings. The van der Waals surface area contributed by atoms with Crippen molar-refractivity contribution in [1.82, 2.24) is 0 Å². The zero-order valence-corrected chi connectivity index (χ0v) is 14.0. The molecule has 0 N–H and O–H groups in total. The smallest absolute Gasteiger partial charge is 0.242 e. The van der Waals surface area contributed by atoms with Crippen LogP contribution in [0.15, 0.2) is 18.2 Å². The minimum atomic E-state index is -3.13. The Balaban J connectivity index is 2.48. The van der Waals surface area contributed by atoms with Crippen LogP contribution in [0, 0.1) is 0 Å². The molecule has 1 heterocycles. The van der Waals surface area contributed by atoms with E-state index in [1.54, 1.807) is 18.2 Å². The van der Waals surface area contributed by atoms with Gasteiger partial charge in [-0.25, -0.2) is 8.42 Å². The molecule has 122 valence electrons. The molecule has 1 aromatic carbocycles. The summed E-state index contributed by atoms with van der Waals surface area (Å²) in [7, 11) is -0.135. The Morgan fingerprint density at radius 3 is 2.59 bits per heavy atom. The normalized spacial score (nSPS) is 19.7. The van der Waals surface area contributed by atoms with E-state index in [0.29, 0.717) is 23.6 Å². The minimum Gasteiger partial charge on any atom is -0.497 e. The SMILES string of the molecule is COc1ccc(OC)c(N(C(=O)CCl)C2CCS(=O)(=O)C2)c1. The van der Waals surface area contributed by atoms with Gasteiger partial charge < -0.3 is 14.4 Å². The van der Waals surface area contributed by atoms with E-state index in [-0.39, 0.29) is 23.3 Å². The molecule has 1 aliphatic heterocycles. The van der Waals surface area contributed by atoms with Crippen molar-refractivity contribution in [3.05, 3.63) is 18.2 Å². The summed E-state index contributed by atoms with van der Waals surface area (Å²) >= 11 is 5.70. The van der Waals surface area contributed by atoms with Crippen molar-refractivity contribution in [2.45, 2.75) is 12.5 Å². The summed E-state index contributed by atoms with van der Waals surface area (Å²) in [6.45, 7) is 0. The molecule has 0 aliphatic carbocycles. The maximum atomic E-state index is 12.3. The van der Waals surface area contributed by atoms with Gasteiger partial charge in [0, 0.05) is 6.07 Å². The molecular formula is C14H18ClNO5S. The van der Waals surface area contributed by atoms with Gasteiger partial charge in [0.1, 0.15) is 17.4 Å². The van der Waals surface area contributed by atoms with Crippen LogP contribution in [0.2, 0.25) is 0 Å². The largest absolute Gasteiger partial charge is 0.497 e. The molecule has 1 saturated heterocycles. The van der Waals surface area contributed by atoms with Crippen LogP contribution < -0.4 is 14.4 Å². The molecule has 1 aromatic rings. The van der Waals surface area contributed by atoms with Crippen molar-refractivity contribution in [2.24, 2.45) is 0 Å². The number of ether oxygens (including phenoxy) is 2. The Bertz CT molecular complexity index is 661. The van der Waals surface area contributed by atoms with Gasteiger partial charge in [0.2, 0.25) is 5.91 Å². The number of benzene rings is 1. The van der Waals surface area contributed by atoms with Gasteiger partial charge in [-0.15, -0.1) is 11.6 Å². The highest BCUT2D eigenvalue weighted by Gasteiger charge is 2.36. The number of amides is 1. The van der Waals surface area contributed by atoms with Crippen molar-refractivity contribution in [1.29, 1.82) is 0 Å². The van der Waals surface area contributed by atoms with Crippen molar-refractivity contribution in [2.75, 3.05) is 36.5 Å². The van der Waals surface area contributed by atoms with E-state index in [9.17, 15) is 13.2 Å². The lowest BCUT2D eigenvalue weighted by Gasteiger charge is -2.29. The second-order valence-corrected chi connectivity index (χ2v) is 7.49. The van der Waals surface area contributed by atoms with Gasteiger partial charge in [-0.3, -0.25) is 4.79 Å². The minimum absolute atomic E-state index is 0.0655. The van der Waals surface area contributed by atoms with Gasteiger partial charge in [-0.05, 0) is 18.6 Å². The topological polar surface area (TPSA) is 72.9 Å². The number of alkyl halides is 1. The molecule has 1 unspecified atom stereocenters. The molecule has 0 spiro atoms. The fourth-order valence-corrected chi connectivity index (χ4v) is 4.39. The molecule has 2 rings (SSSR count). The van der Waals surface area contributed by atoms with E-state index in [1.165, 1.54) is 19.1 Å². The van der Waals surface area contributed by atoms with Gasteiger partial charge in [0.15, 0.2) is 9.84 Å². The number of hydrogen-bond acceptors (Lipinski definition) is 5. The molecule has 8 heteroatoms. The van der Waals surface area contributed by atoms with E-state index in [1.807, 2.05) is 0 Å². The highest BCUT2D eigenvalue weighted by Crippen LogP contribution is 2.35. The van der Waals surface area contributed by atoms with Crippen molar-refractivity contribution >= 4 is 33.0 Å². The summed E-state index contributed by atoms with van der Waals surface area (Å²) < 4.78 is 33.9. The number of anilines is 1. The van der Waals surface area contributed by atoms with Crippen LogP contribution in [-0.2, 0) is 14.6 Å². The van der Waals surface area contributed by atoms with E-state index < -0.39 is 15.9 Å². The third-order valence-electron chi connectivity index (χ3n) is 3.60. The van der Waals surface area contributed by atoms with Gasteiger partial charge >= 0.3 is 0 Å². The number of sulfone groups is 1. The first-order chi connectivity index (χ1) is 10.4. The van der Waals surface area contributed by atoms with Crippen LogP contribution in [-0.4, -0.2) is 52.0 Å². The Morgan fingerprint density at radius 1 is 1.36 bits per heavy atom. The van der Waals surface area contributed by atoms with Crippen molar-refractivity contribution < 1.29 is 22.7 Å². The fraction of sp³-hybridized carbons (Fsp3) is 0.500. The quantitative estimate of drug-likeness (QED) is 0.754. The molecule has 0 bridgehead atoms. The van der Waals surface area contributed by atoms with Crippen LogP contribution in [0.3, 0.4) is 0 Å². The summed E-state index contributed by atoms with van der Waals surface area (Å²) in [6, 6.07) is 4.58. The number of rotatable bonds is 5. The van der Waals surface area contributed by atoms with E-state index in [2.05, 4.69) is 0 Å². The predicted molar refractivity (Wildman–Crippen MR) is 84.8 cm³/mol. The standard InChI is InChI=1S/C14H18ClNO5S/c1-20-11-3-4-13(21-2)12(7-11)16(14(17)8-15)10-5-6-22(18,19)9-10/h3-4,7,10H,5-6,8-9H2,1-2H3. The average Bonchev–Trinajstić information content (AvgIpc) is 2.86. The van der Waals surface area contributed by atoms with Gasteiger partial charge in [0.25, 0.3) is 0 Å². The molecule has 6 nitrogen and oxygen atoms in total. The Morgan fingerprint density at radius 2 is 2.09 bits per heavy atom. The van der Waals surface area contributed by atoms with Gasteiger partial charge in [0.05, 0.1) is 37.5 Å². The number of carbonyl (C=O) groups is 1. The predicted octanol–water partition coefficient (Wildman–Crippen LogP) is 1.46. The zero-order chi connectivity index (χ0) is 16.3. The maximum absolute atomic E-state index is 12.3. The number of hydrogen-bond donors (Lipinski definition) is 0. The van der Waals surface area contributed by atoms with Crippen molar-refractivity contribution in [3.8, 4) is 11.5 Å². The van der Waals surface area contributed by atoms with Crippen molar-refractivity contribution in [3.63, 3.8) is 0 Å². The molecular weight excluding hydrogens is 330 g/mol. The summed E-state index contributed by atoms with van der Waals surface area (Å²) in [4.78, 5) is 13.7. The number of halogens is 1. The lowest BCUT2D eigenvalue weighted by molar-refractivity contribution is -0.116. The Hall–Kier alpha value is -1.47. The van der Waals surface area contributed by atoms with Crippen LogP contribution in [0.25, 0.3) is 0 Å². The molecule has 0 saturated carbocycles. The third-order valence-corrected chi connectivity index (χ3v) is 5.58. The molecule has 1 amide bonds. The lowest BCUT2D eigenvalue weighted by Crippen LogP contribution is -2.42. The van der Waals surface area contributed by atoms with E-state index >= 15 is 0 Å². The third kappa shape index (κ3) is 3.47. The highest BCUT2D eigenvalue weighted by molar-refractivity contribution is 7.91. The molecule has 0 radical (unpaired) electrons. The maximum Gasteiger partial charge on any atom is 0.242 e. The molecule has 0 aromatic heterocycles. The van der Waals surface area contributed by atoms with Gasteiger partial charge in [-0.1, -0.05) is 0 Å². The highest BCUT2D eigenvalue weighted by atomic mass is 35.5. The second-order valence-electron chi connectivity index (χ2n) is 4.99. The first kappa shape index (κ1) is 16.9. The average molecular weight is 348 g/mol. The van der Waals surface area contributed by atoms with Gasteiger partial charge in [-0.2, -0.15) is 0 Å². The number of methoxy groups -OCH3 is 2. The van der Waals surface area contributed by atoms with Crippen LogP contribution in [0.1, 0.15) is 6.42 Å². The van der Waals surface area contributed by atoms with Crippen LogP contribution in [0.4, 0.5) is 5.69 Å². The molecule has 1 atom stereocenters.